The molecule has 0 saturated heterocycles. The summed E-state index contributed by atoms with van der Waals surface area (Å²) in [6.07, 6.45) is 3.63. The molecule has 8 heteroatoms. The molecule has 0 aromatic heterocycles. The number of benzene rings is 2. The Bertz CT molecular complexity index is 898. The second-order valence-corrected chi connectivity index (χ2v) is 7.28. The molecule has 0 bridgehead atoms. The Morgan fingerprint density at radius 2 is 1.77 bits per heavy atom. The van der Waals surface area contributed by atoms with Gasteiger partial charge in [-0.15, -0.1) is 0 Å². The average molecular weight is 429 g/mol. The maximum absolute atomic E-state index is 12.8. The number of hydrogen-bond donors (Lipinski definition) is 3. The van der Waals surface area contributed by atoms with Gasteiger partial charge in [-0.1, -0.05) is 30.3 Å². The predicted octanol–water partition coefficient (Wildman–Crippen LogP) is 2.79. The van der Waals surface area contributed by atoms with Gasteiger partial charge in [0, 0.05) is 5.56 Å². The highest BCUT2D eigenvalue weighted by Gasteiger charge is 2.22. The molecule has 0 radical (unpaired) electrons. The van der Waals surface area contributed by atoms with Gasteiger partial charge in [-0.25, -0.2) is 4.79 Å². The molecule has 0 fully saturated rings. The van der Waals surface area contributed by atoms with Gasteiger partial charge in [0.05, 0.1) is 7.11 Å². The molecule has 2 amide bonds. The van der Waals surface area contributed by atoms with Crippen molar-refractivity contribution in [1.82, 2.24) is 10.6 Å². The lowest BCUT2D eigenvalue weighted by atomic mass is 10.1. The normalized spacial score (nSPS) is 12.0. The number of carboxylic acids is 1. The summed E-state index contributed by atoms with van der Waals surface area (Å²) in [5.41, 5.74) is 0.978. The first-order valence-corrected chi connectivity index (χ1v) is 10.6. The fourth-order valence-corrected chi connectivity index (χ4v) is 3.01. The van der Waals surface area contributed by atoms with Crippen LogP contribution in [0.2, 0.25) is 0 Å². The zero-order valence-corrected chi connectivity index (χ0v) is 17.6. The van der Waals surface area contributed by atoms with E-state index in [4.69, 9.17) is 4.74 Å². The smallest absolute Gasteiger partial charge is 0.326 e. The lowest BCUT2D eigenvalue weighted by molar-refractivity contribution is -0.141. The molecule has 0 heterocycles. The van der Waals surface area contributed by atoms with Crippen molar-refractivity contribution in [1.29, 1.82) is 0 Å². The van der Waals surface area contributed by atoms with E-state index in [1.54, 1.807) is 48.5 Å². The Morgan fingerprint density at radius 1 is 1.10 bits per heavy atom. The third-order valence-electron chi connectivity index (χ3n) is 4.17. The first-order valence-electron chi connectivity index (χ1n) is 9.19. The van der Waals surface area contributed by atoms with Gasteiger partial charge in [0.25, 0.3) is 11.8 Å². The highest BCUT2D eigenvalue weighted by atomic mass is 32.2. The molecule has 2 aromatic carbocycles. The number of carbonyl (C=O) groups is 3. The van der Waals surface area contributed by atoms with Gasteiger partial charge < -0.3 is 20.5 Å². The van der Waals surface area contributed by atoms with Crippen LogP contribution in [-0.2, 0) is 9.59 Å². The van der Waals surface area contributed by atoms with Crippen LogP contribution >= 0.6 is 11.8 Å². The van der Waals surface area contributed by atoms with Gasteiger partial charge in [0.2, 0.25) is 0 Å². The van der Waals surface area contributed by atoms with Gasteiger partial charge >= 0.3 is 5.97 Å². The van der Waals surface area contributed by atoms with Crippen LogP contribution in [0.4, 0.5) is 0 Å². The van der Waals surface area contributed by atoms with Crippen molar-refractivity contribution in [3.63, 3.8) is 0 Å². The number of hydrogen-bond acceptors (Lipinski definition) is 5. The Labute approximate surface area is 179 Å². The zero-order chi connectivity index (χ0) is 21.9. The van der Waals surface area contributed by atoms with Crippen LogP contribution in [-0.4, -0.2) is 48.1 Å². The number of rotatable bonds is 10. The van der Waals surface area contributed by atoms with Gasteiger partial charge in [-0.3, -0.25) is 9.59 Å². The predicted molar refractivity (Wildman–Crippen MR) is 117 cm³/mol. The van der Waals surface area contributed by atoms with Crippen LogP contribution in [0.15, 0.2) is 60.3 Å². The van der Waals surface area contributed by atoms with E-state index in [-0.39, 0.29) is 12.1 Å². The molecule has 0 aliphatic carbocycles. The van der Waals surface area contributed by atoms with Gasteiger partial charge in [0.1, 0.15) is 17.5 Å². The Morgan fingerprint density at radius 3 is 2.33 bits per heavy atom. The van der Waals surface area contributed by atoms with Crippen LogP contribution in [0.25, 0.3) is 6.08 Å². The number of methoxy groups -OCH3 is 1. The average Bonchev–Trinajstić information content (AvgIpc) is 2.76. The molecule has 30 heavy (non-hydrogen) atoms. The summed E-state index contributed by atoms with van der Waals surface area (Å²) in [5, 5.41) is 14.5. The molecule has 0 saturated carbocycles. The van der Waals surface area contributed by atoms with E-state index < -0.39 is 23.8 Å². The van der Waals surface area contributed by atoms with Crippen LogP contribution in [0.5, 0.6) is 5.75 Å². The second kappa shape index (κ2) is 11.7. The highest BCUT2D eigenvalue weighted by molar-refractivity contribution is 7.98. The molecular formula is C22H24N2O5S. The van der Waals surface area contributed by atoms with Crippen molar-refractivity contribution >= 4 is 35.6 Å². The third-order valence-corrected chi connectivity index (χ3v) is 4.81. The number of thioether (sulfide) groups is 1. The molecule has 158 valence electrons. The van der Waals surface area contributed by atoms with Crippen molar-refractivity contribution in [3.05, 3.63) is 71.4 Å². The number of nitrogens with one attached hydrogen (secondary N) is 2. The molecule has 7 nitrogen and oxygen atoms in total. The molecular weight excluding hydrogens is 404 g/mol. The van der Waals surface area contributed by atoms with Crippen molar-refractivity contribution < 1.29 is 24.2 Å². The lowest BCUT2D eigenvalue weighted by Gasteiger charge is -2.16. The Balaban J connectivity index is 2.25. The van der Waals surface area contributed by atoms with Crippen LogP contribution < -0.4 is 15.4 Å². The standard InChI is InChI=1S/C22H24N2O5S/c1-29-17-10-8-16(9-11-17)20(25)24-19(14-15-6-4-3-5-7-15)21(26)23-18(22(27)28)12-13-30-2/h3-11,14,18H,12-13H2,1-2H3,(H,23,26)(H,24,25)(H,27,28)/b19-14-. The van der Waals surface area contributed by atoms with Gasteiger partial charge in [-0.05, 0) is 54.3 Å². The number of carboxylic acid groups (broad SMARTS) is 1. The number of amides is 2. The SMILES string of the molecule is COc1ccc(C(=O)N/C(=C\c2ccccc2)C(=O)NC(CCSC)C(=O)O)cc1. The van der Waals surface area contributed by atoms with E-state index in [1.807, 2.05) is 12.3 Å². The maximum atomic E-state index is 12.8. The first-order chi connectivity index (χ1) is 14.4. The summed E-state index contributed by atoms with van der Waals surface area (Å²) in [6, 6.07) is 14.3. The molecule has 2 rings (SSSR count). The van der Waals surface area contributed by atoms with Crippen LogP contribution in [0, 0.1) is 0 Å². The van der Waals surface area contributed by atoms with E-state index >= 15 is 0 Å². The number of ether oxygens (including phenoxy) is 1. The van der Waals surface area contributed by atoms with Crippen LogP contribution in [0.3, 0.4) is 0 Å². The quantitative estimate of drug-likeness (QED) is 0.503. The first kappa shape index (κ1) is 23.0. The van der Waals surface area contributed by atoms with Crippen molar-refractivity contribution in [2.75, 3.05) is 19.1 Å². The lowest BCUT2D eigenvalue weighted by Crippen LogP contribution is -2.44. The minimum atomic E-state index is -1.13. The summed E-state index contributed by atoms with van der Waals surface area (Å²) >= 11 is 1.49. The fourth-order valence-electron chi connectivity index (χ4n) is 2.54. The zero-order valence-electron chi connectivity index (χ0n) is 16.8. The van der Waals surface area contributed by atoms with Crippen molar-refractivity contribution in [2.24, 2.45) is 0 Å². The van der Waals surface area contributed by atoms with E-state index in [9.17, 15) is 19.5 Å². The summed E-state index contributed by atoms with van der Waals surface area (Å²) in [6.45, 7) is 0. The Hall–Kier alpha value is -3.26. The summed E-state index contributed by atoms with van der Waals surface area (Å²) in [4.78, 5) is 36.9. The topological polar surface area (TPSA) is 105 Å². The molecule has 1 unspecified atom stereocenters. The van der Waals surface area contributed by atoms with E-state index in [1.165, 1.54) is 24.9 Å². The third kappa shape index (κ3) is 6.97. The molecule has 1 atom stereocenters. The van der Waals surface area contributed by atoms with Crippen molar-refractivity contribution in [2.45, 2.75) is 12.5 Å². The summed E-state index contributed by atoms with van der Waals surface area (Å²) in [7, 11) is 1.52. The molecule has 0 aliphatic heterocycles. The fraction of sp³-hybridized carbons (Fsp3) is 0.227. The molecule has 2 aromatic rings. The summed E-state index contributed by atoms with van der Waals surface area (Å²) in [5.74, 6) is -1.12. The van der Waals surface area contributed by atoms with E-state index in [2.05, 4.69) is 10.6 Å². The van der Waals surface area contributed by atoms with E-state index in [0.717, 1.165) is 0 Å². The highest BCUT2D eigenvalue weighted by Crippen LogP contribution is 2.13. The molecule has 0 spiro atoms. The monoisotopic (exact) mass is 428 g/mol. The molecule has 0 aliphatic rings. The molecule has 3 N–H and O–H groups in total. The maximum Gasteiger partial charge on any atom is 0.326 e. The minimum absolute atomic E-state index is 0.0441. The Kier molecular flexibility index (Phi) is 8.96. The minimum Gasteiger partial charge on any atom is -0.497 e. The van der Waals surface area contributed by atoms with E-state index in [0.29, 0.717) is 22.6 Å². The number of aliphatic carboxylic acids is 1. The van der Waals surface area contributed by atoms with Crippen molar-refractivity contribution in [3.8, 4) is 5.75 Å². The van der Waals surface area contributed by atoms with Gasteiger partial charge in [0.15, 0.2) is 0 Å². The second-order valence-electron chi connectivity index (χ2n) is 6.30. The number of carbonyl (C=O) groups excluding carboxylic acids is 2. The largest absolute Gasteiger partial charge is 0.497 e. The van der Waals surface area contributed by atoms with Gasteiger partial charge in [-0.2, -0.15) is 11.8 Å². The van der Waals surface area contributed by atoms with Crippen LogP contribution in [0.1, 0.15) is 22.3 Å². The summed E-state index contributed by atoms with van der Waals surface area (Å²) < 4.78 is 5.08.